The van der Waals surface area contributed by atoms with Crippen LogP contribution in [0.5, 0.6) is 0 Å². The normalized spacial score (nSPS) is 10.9. The van der Waals surface area contributed by atoms with Crippen molar-refractivity contribution in [3.63, 3.8) is 0 Å². The summed E-state index contributed by atoms with van der Waals surface area (Å²) in [5, 5.41) is 0. The van der Waals surface area contributed by atoms with Crippen LogP contribution in [0.2, 0.25) is 0 Å². The molecular weight excluding hydrogens is 318 g/mol. The van der Waals surface area contributed by atoms with Crippen molar-refractivity contribution in [3.8, 4) is 0 Å². The molecule has 20 heavy (non-hydrogen) atoms. The van der Waals surface area contributed by atoms with E-state index in [2.05, 4.69) is 38.0 Å². The second-order valence-electron chi connectivity index (χ2n) is 4.63. The lowest BCUT2D eigenvalue weighted by molar-refractivity contribution is 0.894. The molecule has 0 fully saturated rings. The van der Waals surface area contributed by atoms with Crippen molar-refractivity contribution >= 4 is 33.2 Å². The first-order chi connectivity index (χ1) is 9.63. The molecule has 0 saturated carbocycles. The smallest absolute Gasteiger partial charge is 0.180 e. The first-order valence-corrected chi connectivity index (χ1v) is 6.97. The molecule has 0 unspecified atom stereocenters. The third kappa shape index (κ3) is 2.46. The van der Waals surface area contributed by atoms with Crippen LogP contribution in [-0.4, -0.2) is 21.4 Å². The predicted octanol–water partition coefficient (Wildman–Crippen LogP) is 2.71. The van der Waals surface area contributed by atoms with Gasteiger partial charge in [-0.15, -0.1) is 0 Å². The Bertz CT molecular complexity index is 735. The second kappa shape index (κ2) is 5.13. The minimum absolute atomic E-state index is 0.480. The number of halogens is 1. The molecule has 0 radical (unpaired) electrons. The van der Waals surface area contributed by atoms with Gasteiger partial charge < -0.3 is 15.0 Å². The summed E-state index contributed by atoms with van der Waals surface area (Å²) in [7, 11) is 1.98. The number of aromatic nitrogens is 3. The molecule has 2 heterocycles. The van der Waals surface area contributed by atoms with Gasteiger partial charge in [0.15, 0.2) is 11.5 Å². The van der Waals surface area contributed by atoms with E-state index in [9.17, 15) is 0 Å². The number of fused-ring (bicyclic) bond motifs is 1. The van der Waals surface area contributed by atoms with Gasteiger partial charge in [-0.1, -0.05) is 28.1 Å². The van der Waals surface area contributed by atoms with E-state index in [4.69, 9.17) is 5.73 Å². The maximum atomic E-state index is 5.84. The molecular formula is C14H14BrN5. The number of anilines is 2. The molecule has 2 aromatic heterocycles. The van der Waals surface area contributed by atoms with E-state index >= 15 is 0 Å². The fraction of sp³-hybridized carbons (Fsp3) is 0.143. The maximum Gasteiger partial charge on any atom is 0.180 e. The number of rotatable bonds is 3. The fourth-order valence-electron chi connectivity index (χ4n) is 2.13. The minimum Gasteiger partial charge on any atom is -0.382 e. The molecule has 0 atom stereocenters. The summed E-state index contributed by atoms with van der Waals surface area (Å²) in [5.41, 5.74) is 7.85. The van der Waals surface area contributed by atoms with Crippen molar-refractivity contribution in [1.82, 2.24) is 14.4 Å². The van der Waals surface area contributed by atoms with Crippen molar-refractivity contribution in [1.29, 1.82) is 0 Å². The summed E-state index contributed by atoms with van der Waals surface area (Å²) in [6, 6.07) is 8.22. The summed E-state index contributed by atoms with van der Waals surface area (Å²) in [4.78, 5) is 10.8. The van der Waals surface area contributed by atoms with Gasteiger partial charge in [0.2, 0.25) is 0 Å². The lowest BCUT2D eigenvalue weighted by Gasteiger charge is -2.19. The zero-order chi connectivity index (χ0) is 14.1. The molecule has 3 rings (SSSR count). The van der Waals surface area contributed by atoms with Crippen LogP contribution >= 0.6 is 15.9 Å². The van der Waals surface area contributed by atoms with Crippen LogP contribution in [0.1, 0.15) is 5.56 Å². The Kier molecular flexibility index (Phi) is 3.31. The molecule has 5 nitrogen and oxygen atoms in total. The van der Waals surface area contributed by atoms with Crippen molar-refractivity contribution in [2.45, 2.75) is 6.54 Å². The number of imidazole rings is 1. The topological polar surface area (TPSA) is 59.5 Å². The average Bonchev–Trinajstić information content (AvgIpc) is 2.88. The number of benzene rings is 1. The van der Waals surface area contributed by atoms with Crippen LogP contribution < -0.4 is 10.6 Å². The molecule has 2 N–H and O–H groups in total. The number of nitrogens with zero attached hydrogens (tertiary/aromatic N) is 4. The van der Waals surface area contributed by atoms with Crippen molar-refractivity contribution in [3.05, 3.63) is 52.9 Å². The van der Waals surface area contributed by atoms with Crippen molar-refractivity contribution in [2.24, 2.45) is 0 Å². The molecule has 1 aromatic carbocycles. The lowest BCUT2D eigenvalue weighted by atomic mass is 10.2. The highest BCUT2D eigenvalue weighted by Gasteiger charge is 2.11. The Morgan fingerprint density at radius 3 is 2.80 bits per heavy atom. The second-order valence-corrected chi connectivity index (χ2v) is 5.55. The van der Waals surface area contributed by atoms with Gasteiger partial charge in [0.05, 0.1) is 6.20 Å². The highest BCUT2D eigenvalue weighted by atomic mass is 79.9. The minimum atomic E-state index is 0.480. The standard InChI is InChI=1S/C14H14BrN5/c1-19(8-10-2-4-11(15)5-3-10)14-13-17-6-7-20(13)9-12(16)18-14/h2-7,9H,8,16H2,1H3. The first kappa shape index (κ1) is 12.9. The Balaban J connectivity index is 1.93. The molecule has 6 heteroatoms. The maximum absolute atomic E-state index is 5.84. The number of hydrogen-bond donors (Lipinski definition) is 1. The lowest BCUT2D eigenvalue weighted by Crippen LogP contribution is -2.19. The van der Waals surface area contributed by atoms with Crippen LogP contribution in [0.4, 0.5) is 11.6 Å². The van der Waals surface area contributed by atoms with E-state index in [1.807, 2.05) is 34.7 Å². The van der Waals surface area contributed by atoms with Gasteiger partial charge in [0.25, 0.3) is 0 Å². The molecule has 0 aliphatic carbocycles. The van der Waals surface area contributed by atoms with Gasteiger partial charge in [0.1, 0.15) is 5.82 Å². The van der Waals surface area contributed by atoms with Crippen LogP contribution in [0.3, 0.4) is 0 Å². The summed E-state index contributed by atoms with van der Waals surface area (Å²) < 4.78 is 2.96. The van der Waals surface area contributed by atoms with Gasteiger partial charge in [0, 0.05) is 30.5 Å². The van der Waals surface area contributed by atoms with E-state index in [-0.39, 0.29) is 0 Å². The summed E-state index contributed by atoms with van der Waals surface area (Å²) in [5.74, 6) is 1.26. The predicted molar refractivity (Wildman–Crippen MR) is 83.6 cm³/mol. The zero-order valence-corrected chi connectivity index (χ0v) is 12.6. The number of hydrogen-bond acceptors (Lipinski definition) is 4. The highest BCUT2D eigenvalue weighted by Crippen LogP contribution is 2.20. The Morgan fingerprint density at radius 1 is 1.30 bits per heavy atom. The Labute approximate surface area is 125 Å². The van der Waals surface area contributed by atoms with E-state index in [0.29, 0.717) is 5.82 Å². The van der Waals surface area contributed by atoms with Gasteiger partial charge in [-0.3, -0.25) is 0 Å². The fourth-order valence-corrected chi connectivity index (χ4v) is 2.39. The van der Waals surface area contributed by atoms with Gasteiger partial charge in [-0.25, -0.2) is 9.97 Å². The Hall–Kier alpha value is -2.08. The number of nitrogen functional groups attached to an aromatic ring is 1. The SMILES string of the molecule is CN(Cc1ccc(Br)cc1)c1nc(N)cn2ccnc12. The first-order valence-electron chi connectivity index (χ1n) is 6.18. The Morgan fingerprint density at radius 2 is 2.05 bits per heavy atom. The van der Waals surface area contributed by atoms with E-state index in [1.165, 1.54) is 5.56 Å². The molecule has 0 spiro atoms. The monoisotopic (exact) mass is 331 g/mol. The molecule has 0 saturated heterocycles. The molecule has 102 valence electrons. The molecule has 3 aromatic rings. The van der Waals surface area contributed by atoms with Gasteiger partial charge in [-0.2, -0.15) is 0 Å². The van der Waals surface area contributed by atoms with Crippen LogP contribution in [0.15, 0.2) is 47.3 Å². The largest absolute Gasteiger partial charge is 0.382 e. The van der Waals surface area contributed by atoms with Crippen LogP contribution in [-0.2, 0) is 6.54 Å². The average molecular weight is 332 g/mol. The molecule has 0 aliphatic rings. The summed E-state index contributed by atoms with van der Waals surface area (Å²) >= 11 is 3.44. The third-order valence-electron chi connectivity index (χ3n) is 3.07. The molecule has 0 amide bonds. The zero-order valence-electron chi connectivity index (χ0n) is 11.0. The summed E-state index contributed by atoms with van der Waals surface area (Å²) in [6.07, 6.45) is 5.37. The van der Waals surface area contributed by atoms with Crippen molar-refractivity contribution in [2.75, 3.05) is 17.7 Å². The van der Waals surface area contributed by atoms with Gasteiger partial charge in [-0.05, 0) is 17.7 Å². The van der Waals surface area contributed by atoms with E-state index in [0.717, 1.165) is 22.5 Å². The quantitative estimate of drug-likeness (QED) is 0.801. The highest BCUT2D eigenvalue weighted by molar-refractivity contribution is 9.10. The van der Waals surface area contributed by atoms with E-state index in [1.54, 1.807) is 12.4 Å². The molecule has 0 bridgehead atoms. The molecule has 0 aliphatic heterocycles. The van der Waals surface area contributed by atoms with E-state index < -0.39 is 0 Å². The van der Waals surface area contributed by atoms with Crippen LogP contribution in [0.25, 0.3) is 5.65 Å². The van der Waals surface area contributed by atoms with Gasteiger partial charge >= 0.3 is 0 Å². The summed E-state index contributed by atoms with van der Waals surface area (Å²) in [6.45, 7) is 0.742. The van der Waals surface area contributed by atoms with Crippen LogP contribution in [0, 0.1) is 0 Å². The van der Waals surface area contributed by atoms with Crippen molar-refractivity contribution < 1.29 is 0 Å². The number of nitrogens with two attached hydrogens (primary N) is 1. The third-order valence-corrected chi connectivity index (χ3v) is 3.60.